The fourth-order valence-electron chi connectivity index (χ4n) is 2.89. The van der Waals surface area contributed by atoms with E-state index >= 15 is 0 Å². The molecule has 108 valence electrons. The van der Waals surface area contributed by atoms with E-state index in [9.17, 15) is 14.7 Å². The molecule has 1 heterocycles. The van der Waals surface area contributed by atoms with Crippen molar-refractivity contribution < 1.29 is 19.8 Å². The molecule has 2 amide bonds. The Morgan fingerprint density at radius 2 is 1.79 bits per heavy atom. The number of urea groups is 1. The molecule has 1 unspecified atom stereocenters. The van der Waals surface area contributed by atoms with Crippen LogP contribution in [0.3, 0.4) is 0 Å². The van der Waals surface area contributed by atoms with Gasteiger partial charge < -0.3 is 20.4 Å². The van der Waals surface area contributed by atoms with E-state index in [1.165, 1.54) is 0 Å². The van der Waals surface area contributed by atoms with Crippen molar-refractivity contribution in [1.29, 1.82) is 0 Å². The molecule has 2 aliphatic rings. The first-order valence-corrected chi connectivity index (χ1v) is 7.02. The van der Waals surface area contributed by atoms with E-state index in [0.29, 0.717) is 25.9 Å². The van der Waals surface area contributed by atoms with E-state index in [4.69, 9.17) is 5.11 Å². The fourth-order valence-corrected chi connectivity index (χ4v) is 2.89. The number of carbonyl (C=O) groups is 2. The second-order valence-corrected chi connectivity index (χ2v) is 5.58. The zero-order valence-electron chi connectivity index (χ0n) is 11.0. The maximum atomic E-state index is 12.0. The van der Waals surface area contributed by atoms with Gasteiger partial charge in [0.05, 0.1) is 12.0 Å². The van der Waals surface area contributed by atoms with Crippen LogP contribution in [0.25, 0.3) is 0 Å². The van der Waals surface area contributed by atoms with E-state index in [0.717, 1.165) is 25.7 Å². The van der Waals surface area contributed by atoms with Gasteiger partial charge in [0, 0.05) is 19.1 Å². The zero-order valence-corrected chi connectivity index (χ0v) is 11.0. The molecule has 2 fully saturated rings. The SMILES string of the molecule is O=C(O)C1CCC(NC(=O)N2CCCC(O)C2)CC1. The highest BCUT2D eigenvalue weighted by atomic mass is 16.4. The third-order valence-corrected chi connectivity index (χ3v) is 4.09. The lowest BCUT2D eigenvalue weighted by molar-refractivity contribution is -0.142. The topological polar surface area (TPSA) is 89.9 Å². The lowest BCUT2D eigenvalue weighted by atomic mass is 9.86. The Bertz CT molecular complexity index is 340. The number of β-amino-alcohol motifs (C(OH)–C–C–N with tert-alkyl or cyclic N) is 1. The molecule has 0 radical (unpaired) electrons. The van der Waals surface area contributed by atoms with Gasteiger partial charge in [0.15, 0.2) is 0 Å². The van der Waals surface area contributed by atoms with Gasteiger partial charge in [-0.15, -0.1) is 0 Å². The first-order valence-electron chi connectivity index (χ1n) is 7.02. The normalized spacial score (nSPS) is 31.8. The van der Waals surface area contributed by atoms with Gasteiger partial charge in [-0.1, -0.05) is 0 Å². The summed E-state index contributed by atoms with van der Waals surface area (Å²) >= 11 is 0. The Morgan fingerprint density at radius 1 is 1.11 bits per heavy atom. The van der Waals surface area contributed by atoms with Gasteiger partial charge in [0.2, 0.25) is 0 Å². The van der Waals surface area contributed by atoms with Gasteiger partial charge >= 0.3 is 12.0 Å². The Hall–Kier alpha value is -1.30. The van der Waals surface area contributed by atoms with Gasteiger partial charge in [-0.05, 0) is 38.5 Å². The Morgan fingerprint density at radius 3 is 2.37 bits per heavy atom. The van der Waals surface area contributed by atoms with Crippen LogP contribution < -0.4 is 5.32 Å². The molecule has 2 rings (SSSR count). The molecule has 19 heavy (non-hydrogen) atoms. The number of hydrogen-bond donors (Lipinski definition) is 3. The molecule has 3 N–H and O–H groups in total. The van der Waals surface area contributed by atoms with Gasteiger partial charge in [0.25, 0.3) is 0 Å². The predicted octanol–water partition coefficient (Wildman–Crippen LogP) is 0.796. The fraction of sp³-hybridized carbons (Fsp3) is 0.846. The van der Waals surface area contributed by atoms with Crippen LogP contribution in [0.4, 0.5) is 4.79 Å². The van der Waals surface area contributed by atoms with Crippen molar-refractivity contribution in [3.63, 3.8) is 0 Å². The number of aliphatic hydroxyl groups excluding tert-OH is 1. The lowest BCUT2D eigenvalue weighted by Crippen LogP contribution is -2.50. The summed E-state index contributed by atoms with van der Waals surface area (Å²) in [5.74, 6) is -0.992. The minimum atomic E-state index is -0.732. The van der Waals surface area contributed by atoms with Gasteiger partial charge in [-0.25, -0.2) is 4.79 Å². The molecule has 0 spiro atoms. The number of nitrogens with zero attached hydrogens (tertiary/aromatic N) is 1. The smallest absolute Gasteiger partial charge is 0.317 e. The van der Waals surface area contributed by atoms with Crippen LogP contribution in [-0.4, -0.2) is 52.3 Å². The Kier molecular flexibility index (Phi) is 4.63. The maximum Gasteiger partial charge on any atom is 0.317 e. The summed E-state index contributed by atoms with van der Waals surface area (Å²) in [6, 6.07) is -0.0558. The lowest BCUT2D eigenvalue weighted by Gasteiger charge is -2.33. The number of rotatable bonds is 2. The largest absolute Gasteiger partial charge is 0.481 e. The molecule has 1 saturated carbocycles. The van der Waals surface area contributed by atoms with Crippen molar-refractivity contribution >= 4 is 12.0 Å². The van der Waals surface area contributed by atoms with Gasteiger partial charge in [-0.3, -0.25) is 4.79 Å². The summed E-state index contributed by atoms with van der Waals surface area (Å²) in [4.78, 5) is 24.5. The first-order chi connectivity index (χ1) is 9.06. The van der Waals surface area contributed by atoms with Crippen molar-refractivity contribution in [2.45, 2.75) is 50.7 Å². The minimum Gasteiger partial charge on any atom is -0.481 e. The highest BCUT2D eigenvalue weighted by Crippen LogP contribution is 2.24. The van der Waals surface area contributed by atoms with Crippen LogP contribution in [0.2, 0.25) is 0 Å². The summed E-state index contributed by atoms with van der Waals surface area (Å²) < 4.78 is 0. The molecule has 0 aromatic heterocycles. The number of aliphatic hydroxyl groups is 1. The zero-order chi connectivity index (χ0) is 13.8. The number of likely N-dealkylation sites (tertiary alicyclic amines) is 1. The summed E-state index contributed by atoms with van der Waals surface area (Å²) in [5.41, 5.74) is 0. The average Bonchev–Trinajstić information content (AvgIpc) is 2.39. The number of carbonyl (C=O) groups excluding carboxylic acids is 1. The molecular formula is C13H22N2O4. The van der Waals surface area contributed by atoms with Crippen molar-refractivity contribution in [3.05, 3.63) is 0 Å². The monoisotopic (exact) mass is 270 g/mol. The highest BCUT2D eigenvalue weighted by Gasteiger charge is 2.28. The number of amides is 2. The predicted molar refractivity (Wildman–Crippen MR) is 68.7 cm³/mol. The number of nitrogens with one attached hydrogen (secondary N) is 1. The van der Waals surface area contributed by atoms with Crippen molar-refractivity contribution in [2.24, 2.45) is 5.92 Å². The minimum absolute atomic E-state index is 0.0715. The molecule has 0 aromatic carbocycles. The van der Waals surface area contributed by atoms with E-state index < -0.39 is 12.1 Å². The van der Waals surface area contributed by atoms with E-state index in [-0.39, 0.29) is 18.0 Å². The number of piperidine rings is 1. The van der Waals surface area contributed by atoms with Crippen molar-refractivity contribution in [1.82, 2.24) is 10.2 Å². The maximum absolute atomic E-state index is 12.0. The van der Waals surface area contributed by atoms with Crippen molar-refractivity contribution in [2.75, 3.05) is 13.1 Å². The number of carboxylic acid groups (broad SMARTS) is 1. The van der Waals surface area contributed by atoms with Crippen LogP contribution >= 0.6 is 0 Å². The van der Waals surface area contributed by atoms with Crippen LogP contribution in [0.5, 0.6) is 0 Å². The second kappa shape index (κ2) is 6.23. The first kappa shape index (κ1) is 14.1. The molecule has 6 heteroatoms. The standard InChI is InChI=1S/C13H22N2O4/c16-11-2-1-7-15(8-11)13(19)14-10-5-3-9(4-6-10)12(17)18/h9-11,16H,1-8H2,(H,14,19)(H,17,18). The van der Waals surface area contributed by atoms with Crippen LogP contribution in [0.15, 0.2) is 0 Å². The molecular weight excluding hydrogens is 248 g/mol. The molecule has 1 aliphatic heterocycles. The van der Waals surface area contributed by atoms with Crippen molar-refractivity contribution in [3.8, 4) is 0 Å². The van der Waals surface area contributed by atoms with Crippen LogP contribution in [0, 0.1) is 5.92 Å². The van der Waals surface area contributed by atoms with Gasteiger partial charge in [0.1, 0.15) is 0 Å². The van der Waals surface area contributed by atoms with Crippen LogP contribution in [-0.2, 0) is 4.79 Å². The molecule has 0 bridgehead atoms. The molecule has 1 atom stereocenters. The third-order valence-electron chi connectivity index (χ3n) is 4.09. The number of carboxylic acids is 1. The second-order valence-electron chi connectivity index (χ2n) is 5.58. The third kappa shape index (κ3) is 3.83. The average molecular weight is 270 g/mol. The quantitative estimate of drug-likeness (QED) is 0.692. The highest BCUT2D eigenvalue weighted by molar-refractivity contribution is 5.75. The number of hydrogen-bond acceptors (Lipinski definition) is 3. The van der Waals surface area contributed by atoms with E-state index in [1.807, 2.05) is 0 Å². The van der Waals surface area contributed by atoms with E-state index in [1.54, 1.807) is 4.90 Å². The Balaban J connectivity index is 1.75. The number of aliphatic carboxylic acids is 1. The molecule has 1 aliphatic carbocycles. The van der Waals surface area contributed by atoms with Gasteiger partial charge in [-0.2, -0.15) is 0 Å². The summed E-state index contributed by atoms with van der Waals surface area (Å²) in [5, 5.41) is 21.4. The molecule has 6 nitrogen and oxygen atoms in total. The summed E-state index contributed by atoms with van der Waals surface area (Å²) in [7, 11) is 0. The van der Waals surface area contributed by atoms with Crippen LogP contribution in [0.1, 0.15) is 38.5 Å². The summed E-state index contributed by atoms with van der Waals surface area (Å²) in [6.07, 6.45) is 3.87. The summed E-state index contributed by atoms with van der Waals surface area (Å²) in [6.45, 7) is 1.09. The molecule has 0 aromatic rings. The molecule has 1 saturated heterocycles. The Labute approximate surface area is 112 Å². The van der Waals surface area contributed by atoms with E-state index in [2.05, 4.69) is 5.32 Å².